The minimum Gasteiger partial charge on any atom is -0.450 e. The number of nitrogens with zero attached hydrogens (tertiary/aromatic N) is 3. The summed E-state index contributed by atoms with van der Waals surface area (Å²) in [6.07, 6.45) is 9.92. The molecule has 7 heteroatoms. The molecule has 0 bridgehead atoms. The second-order valence-corrected chi connectivity index (χ2v) is 9.62. The maximum Gasteiger partial charge on any atom is 0.409 e. The average Bonchev–Trinajstić information content (AvgIpc) is 3.35. The number of amides is 1. The summed E-state index contributed by atoms with van der Waals surface area (Å²) in [6, 6.07) is 1.62. The van der Waals surface area contributed by atoms with E-state index in [1.807, 2.05) is 11.8 Å². The van der Waals surface area contributed by atoms with Gasteiger partial charge in [0, 0.05) is 32.3 Å². The van der Waals surface area contributed by atoms with E-state index in [4.69, 9.17) is 4.74 Å². The molecule has 3 heterocycles. The molecule has 0 radical (unpaired) electrons. The Bertz CT molecular complexity index is 559. The van der Waals surface area contributed by atoms with Crippen LogP contribution in [-0.4, -0.2) is 99.3 Å². The van der Waals surface area contributed by atoms with E-state index in [2.05, 4.69) is 21.6 Å². The standard InChI is InChI=1S/C20H35N3O2.C3H6O2/c1-3-25-19(24)23-12-8-20(15-23)13-17(14-20)22-10-6-16(7-11-22)18-5-4-9-21(18)2;1-5-3-2-4/h16-18H,3-15H2,1-2H3;2H,3H2,1H3. The molecule has 0 aromatic carbocycles. The molecule has 0 N–H and O–H groups in total. The highest BCUT2D eigenvalue weighted by molar-refractivity contribution is 5.68. The number of rotatable bonds is 5. The molecule has 0 aromatic rings. The van der Waals surface area contributed by atoms with Crippen molar-refractivity contribution in [3.05, 3.63) is 0 Å². The molecule has 30 heavy (non-hydrogen) atoms. The van der Waals surface area contributed by atoms with E-state index in [0.29, 0.717) is 18.3 Å². The fraction of sp³-hybridized carbons (Fsp3) is 0.913. The van der Waals surface area contributed by atoms with Crippen molar-refractivity contribution in [2.75, 3.05) is 60.1 Å². The van der Waals surface area contributed by atoms with Crippen LogP contribution in [0.25, 0.3) is 0 Å². The van der Waals surface area contributed by atoms with Gasteiger partial charge in [-0.1, -0.05) is 0 Å². The smallest absolute Gasteiger partial charge is 0.409 e. The molecule has 1 aliphatic carbocycles. The van der Waals surface area contributed by atoms with Crippen LogP contribution in [0.3, 0.4) is 0 Å². The van der Waals surface area contributed by atoms with Crippen LogP contribution in [0.4, 0.5) is 4.79 Å². The van der Waals surface area contributed by atoms with E-state index in [1.165, 1.54) is 71.7 Å². The van der Waals surface area contributed by atoms with Crippen LogP contribution in [0, 0.1) is 11.3 Å². The maximum absolute atomic E-state index is 11.9. The lowest BCUT2D eigenvalue weighted by molar-refractivity contribution is -0.110. The SMILES string of the molecule is CCOC(=O)N1CCC2(CC(N3CCC(C4CCCN4C)CC3)C2)C1.COCC=O. The first-order chi connectivity index (χ1) is 14.5. The van der Waals surface area contributed by atoms with Crippen molar-refractivity contribution in [2.24, 2.45) is 11.3 Å². The number of piperidine rings is 1. The third kappa shape index (κ3) is 5.54. The predicted octanol–water partition coefficient (Wildman–Crippen LogP) is 2.64. The van der Waals surface area contributed by atoms with Crippen molar-refractivity contribution in [3.8, 4) is 0 Å². The summed E-state index contributed by atoms with van der Waals surface area (Å²) in [4.78, 5) is 28.5. The lowest BCUT2D eigenvalue weighted by Crippen LogP contribution is -2.55. The number of hydrogen-bond donors (Lipinski definition) is 0. The monoisotopic (exact) mass is 423 g/mol. The molecule has 0 aromatic heterocycles. The molecule has 172 valence electrons. The van der Waals surface area contributed by atoms with Gasteiger partial charge in [0.1, 0.15) is 12.9 Å². The molecule has 7 nitrogen and oxygen atoms in total. The molecule has 4 fully saturated rings. The zero-order valence-electron chi connectivity index (χ0n) is 19.2. The van der Waals surface area contributed by atoms with Crippen LogP contribution in [0.1, 0.15) is 51.9 Å². The third-order valence-electron chi connectivity index (χ3n) is 7.75. The Labute approximate surface area is 182 Å². The second-order valence-electron chi connectivity index (χ2n) is 9.62. The van der Waals surface area contributed by atoms with E-state index < -0.39 is 0 Å². The molecule has 4 rings (SSSR count). The Balaban J connectivity index is 0.000000461. The van der Waals surface area contributed by atoms with Crippen molar-refractivity contribution in [1.29, 1.82) is 0 Å². The molecular formula is C23H41N3O4. The Morgan fingerprint density at radius 1 is 1.13 bits per heavy atom. The number of carbonyl (C=O) groups excluding carboxylic acids is 2. The average molecular weight is 424 g/mol. The lowest BCUT2D eigenvalue weighted by Gasteiger charge is -2.52. The molecule has 1 amide bonds. The molecule has 3 saturated heterocycles. The van der Waals surface area contributed by atoms with E-state index in [-0.39, 0.29) is 12.7 Å². The Hall–Kier alpha value is -1.18. The number of aldehydes is 1. The molecule has 1 unspecified atom stereocenters. The summed E-state index contributed by atoms with van der Waals surface area (Å²) >= 11 is 0. The lowest BCUT2D eigenvalue weighted by atomic mass is 9.64. The molecule has 1 atom stereocenters. The van der Waals surface area contributed by atoms with Crippen molar-refractivity contribution in [1.82, 2.24) is 14.7 Å². The minimum absolute atomic E-state index is 0.107. The maximum atomic E-state index is 11.9. The molecular weight excluding hydrogens is 382 g/mol. The summed E-state index contributed by atoms with van der Waals surface area (Å²) in [7, 11) is 3.80. The van der Waals surface area contributed by atoms with Crippen LogP contribution in [-0.2, 0) is 14.3 Å². The Morgan fingerprint density at radius 3 is 2.40 bits per heavy atom. The summed E-state index contributed by atoms with van der Waals surface area (Å²) in [5, 5.41) is 0. The van der Waals surface area contributed by atoms with Crippen molar-refractivity contribution in [2.45, 2.75) is 64.0 Å². The molecule has 3 aliphatic heterocycles. The van der Waals surface area contributed by atoms with Gasteiger partial charge in [-0.05, 0) is 89.9 Å². The van der Waals surface area contributed by atoms with Gasteiger partial charge in [0.15, 0.2) is 0 Å². The van der Waals surface area contributed by atoms with Gasteiger partial charge in [-0.3, -0.25) is 0 Å². The van der Waals surface area contributed by atoms with Gasteiger partial charge in [0.2, 0.25) is 0 Å². The first-order valence-electron chi connectivity index (χ1n) is 11.8. The topological polar surface area (TPSA) is 62.3 Å². The molecule has 1 spiro atoms. The van der Waals surface area contributed by atoms with Crippen LogP contribution < -0.4 is 0 Å². The Morgan fingerprint density at radius 2 is 1.87 bits per heavy atom. The highest BCUT2D eigenvalue weighted by atomic mass is 16.6. The van der Waals surface area contributed by atoms with Crippen LogP contribution in [0.5, 0.6) is 0 Å². The zero-order valence-corrected chi connectivity index (χ0v) is 19.2. The van der Waals surface area contributed by atoms with Gasteiger partial charge >= 0.3 is 6.09 Å². The summed E-state index contributed by atoms with van der Waals surface area (Å²) < 4.78 is 9.50. The number of methoxy groups -OCH3 is 1. The third-order valence-corrected chi connectivity index (χ3v) is 7.75. The van der Waals surface area contributed by atoms with Gasteiger partial charge in [-0.25, -0.2) is 4.79 Å². The molecule has 1 saturated carbocycles. The van der Waals surface area contributed by atoms with Crippen LogP contribution in [0.15, 0.2) is 0 Å². The minimum atomic E-state index is -0.107. The van der Waals surface area contributed by atoms with Gasteiger partial charge in [0.25, 0.3) is 0 Å². The van der Waals surface area contributed by atoms with E-state index >= 15 is 0 Å². The van der Waals surface area contributed by atoms with Gasteiger partial charge < -0.3 is 29.0 Å². The van der Waals surface area contributed by atoms with Gasteiger partial charge in [-0.15, -0.1) is 0 Å². The summed E-state index contributed by atoms with van der Waals surface area (Å²) in [5.74, 6) is 0.920. The van der Waals surface area contributed by atoms with Crippen molar-refractivity contribution in [3.63, 3.8) is 0 Å². The second kappa shape index (κ2) is 10.9. The van der Waals surface area contributed by atoms with E-state index in [0.717, 1.165) is 31.1 Å². The highest BCUT2D eigenvalue weighted by Crippen LogP contribution is 2.50. The van der Waals surface area contributed by atoms with Gasteiger partial charge in [0.05, 0.1) is 6.61 Å². The highest BCUT2D eigenvalue weighted by Gasteiger charge is 2.51. The predicted molar refractivity (Wildman–Crippen MR) is 117 cm³/mol. The summed E-state index contributed by atoms with van der Waals surface area (Å²) in [5.41, 5.74) is 0.403. The van der Waals surface area contributed by atoms with Gasteiger partial charge in [-0.2, -0.15) is 0 Å². The largest absolute Gasteiger partial charge is 0.450 e. The van der Waals surface area contributed by atoms with Crippen LogP contribution in [0.2, 0.25) is 0 Å². The van der Waals surface area contributed by atoms with Crippen molar-refractivity contribution < 1.29 is 19.1 Å². The first kappa shape index (κ1) is 23.5. The zero-order chi connectivity index (χ0) is 21.6. The van der Waals surface area contributed by atoms with E-state index in [1.54, 1.807) is 0 Å². The number of likely N-dealkylation sites (tertiary alicyclic amines) is 3. The normalized spacial score (nSPS) is 32.6. The quantitative estimate of drug-likeness (QED) is 0.634. The summed E-state index contributed by atoms with van der Waals surface area (Å²) in [6.45, 7) is 8.27. The number of ether oxygens (including phenoxy) is 2. The van der Waals surface area contributed by atoms with Crippen molar-refractivity contribution >= 4 is 12.4 Å². The van der Waals surface area contributed by atoms with E-state index in [9.17, 15) is 9.59 Å². The fourth-order valence-corrected chi connectivity index (χ4v) is 6.11. The number of carbonyl (C=O) groups is 2. The van der Waals surface area contributed by atoms with Crippen LogP contribution >= 0.6 is 0 Å². The fourth-order valence-electron chi connectivity index (χ4n) is 6.11. The Kier molecular flexibility index (Phi) is 8.54. The number of hydrogen-bond acceptors (Lipinski definition) is 6. The molecule has 4 aliphatic rings. The first-order valence-corrected chi connectivity index (χ1v) is 11.8.